The van der Waals surface area contributed by atoms with Crippen molar-refractivity contribution >= 4 is 5.91 Å². The van der Waals surface area contributed by atoms with Crippen LogP contribution in [0.4, 0.5) is 13.2 Å². The van der Waals surface area contributed by atoms with E-state index in [0.717, 1.165) is 23.4 Å². The molecule has 17 heavy (non-hydrogen) atoms. The summed E-state index contributed by atoms with van der Waals surface area (Å²) < 4.78 is 39.1. The van der Waals surface area contributed by atoms with Gasteiger partial charge in [-0.05, 0) is 12.1 Å². The van der Waals surface area contributed by atoms with Crippen molar-refractivity contribution in [3.05, 3.63) is 24.0 Å². The van der Waals surface area contributed by atoms with E-state index < -0.39 is 18.0 Å². The van der Waals surface area contributed by atoms with Crippen molar-refractivity contribution in [3.8, 4) is 5.75 Å². The Bertz CT molecular complexity index is 391. The number of hydrogen-bond acceptors (Lipinski definition) is 4. The van der Waals surface area contributed by atoms with Crippen molar-refractivity contribution in [2.45, 2.75) is 6.36 Å². The number of amides is 1. The number of hydrogen-bond donors (Lipinski definition) is 0. The number of carbonyl (C=O) groups excluding carboxylic acids is 1. The number of ether oxygens (including phenoxy) is 1. The minimum atomic E-state index is -4.78. The van der Waals surface area contributed by atoms with Crippen LogP contribution in [-0.2, 0) is 4.84 Å². The molecule has 0 saturated heterocycles. The molecule has 1 rings (SSSR count). The summed E-state index contributed by atoms with van der Waals surface area (Å²) in [5.74, 6) is -1.07. The average Bonchev–Trinajstić information content (AvgIpc) is 2.26. The van der Waals surface area contributed by atoms with Gasteiger partial charge in [-0.15, -0.1) is 13.2 Å². The number of halogens is 3. The normalized spacial score (nSPS) is 11.1. The molecule has 0 radical (unpaired) electrons. The van der Waals surface area contributed by atoms with Crippen LogP contribution in [0.15, 0.2) is 18.3 Å². The van der Waals surface area contributed by atoms with Gasteiger partial charge in [-0.2, -0.15) is 0 Å². The highest BCUT2D eigenvalue weighted by molar-refractivity contribution is 5.91. The van der Waals surface area contributed by atoms with E-state index in [-0.39, 0.29) is 5.69 Å². The topological polar surface area (TPSA) is 51.7 Å². The highest BCUT2D eigenvalue weighted by Crippen LogP contribution is 2.21. The Kier molecular flexibility index (Phi) is 3.89. The molecule has 5 nitrogen and oxygen atoms in total. The molecule has 0 aliphatic carbocycles. The molecule has 1 aromatic heterocycles. The van der Waals surface area contributed by atoms with Crippen LogP contribution in [0.3, 0.4) is 0 Å². The fourth-order valence-electron chi connectivity index (χ4n) is 0.945. The number of alkyl halides is 3. The smallest absolute Gasteiger partial charge is 0.404 e. The van der Waals surface area contributed by atoms with Gasteiger partial charge in [0.15, 0.2) is 0 Å². The third-order valence-electron chi connectivity index (χ3n) is 1.75. The lowest BCUT2D eigenvalue weighted by Gasteiger charge is -2.13. The second-order valence-electron chi connectivity index (χ2n) is 2.91. The SMILES string of the molecule is CON(C)C(=O)c1ccc(OC(F)(F)F)cn1. The van der Waals surface area contributed by atoms with Gasteiger partial charge in [-0.3, -0.25) is 9.63 Å². The first-order valence-corrected chi connectivity index (χ1v) is 4.37. The molecule has 94 valence electrons. The van der Waals surface area contributed by atoms with Gasteiger partial charge in [-0.25, -0.2) is 10.0 Å². The zero-order valence-electron chi connectivity index (χ0n) is 8.99. The van der Waals surface area contributed by atoms with Gasteiger partial charge in [0, 0.05) is 7.05 Å². The van der Waals surface area contributed by atoms with Crippen LogP contribution in [0.5, 0.6) is 5.75 Å². The first kappa shape index (κ1) is 13.2. The summed E-state index contributed by atoms with van der Waals surface area (Å²) in [5, 5.41) is 0.895. The van der Waals surface area contributed by atoms with E-state index in [2.05, 4.69) is 14.6 Å². The number of rotatable bonds is 3. The molecule has 8 heteroatoms. The van der Waals surface area contributed by atoms with E-state index in [4.69, 9.17) is 0 Å². The van der Waals surface area contributed by atoms with Crippen molar-refractivity contribution in [2.24, 2.45) is 0 Å². The maximum Gasteiger partial charge on any atom is 0.573 e. The Labute approximate surface area is 94.7 Å². The largest absolute Gasteiger partial charge is 0.573 e. The van der Waals surface area contributed by atoms with Gasteiger partial charge in [0.05, 0.1) is 13.3 Å². The van der Waals surface area contributed by atoms with Crippen molar-refractivity contribution in [3.63, 3.8) is 0 Å². The maximum atomic E-state index is 11.8. The van der Waals surface area contributed by atoms with Gasteiger partial charge in [-0.1, -0.05) is 0 Å². The summed E-state index contributed by atoms with van der Waals surface area (Å²) >= 11 is 0. The van der Waals surface area contributed by atoms with Crippen molar-refractivity contribution in [1.82, 2.24) is 10.0 Å². The highest BCUT2D eigenvalue weighted by Gasteiger charge is 2.31. The third-order valence-corrected chi connectivity index (χ3v) is 1.75. The van der Waals surface area contributed by atoms with Crippen LogP contribution >= 0.6 is 0 Å². The minimum Gasteiger partial charge on any atom is -0.404 e. The van der Waals surface area contributed by atoms with E-state index in [1.165, 1.54) is 14.2 Å². The second kappa shape index (κ2) is 5.00. The van der Waals surface area contributed by atoms with Crippen molar-refractivity contribution in [1.29, 1.82) is 0 Å². The lowest BCUT2D eigenvalue weighted by molar-refractivity contribution is -0.274. The number of nitrogens with zero attached hydrogens (tertiary/aromatic N) is 2. The van der Waals surface area contributed by atoms with E-state index in [1.807, 2.05) is 0 Å². The maximum absolute atomic E-state index is 11.8. The van der Waals surface area contributed by atoms with Crippen LogP contribution in [0, 0.1) is 0 Å². The summed E-state index contributed by atoms with van der Waals surface area (Å²) in [6, 6.07) is 2.11. The molecule has 0 aliphatic heterocycles. The first-order valence-electron chi connectivity index (χ1n) is 4.37. The molecular formula is C9H9F3N2O3. The predicted octanol–water partition coefficient (Wildman–Crippen LogP) is 1.61. The standard InChI is InChI=1S/C9H9F3N2O3/c1-14(16-2)8(15)7-4-3-6(5-13-7)17-9(10,11)12/h3-5H,1-2H3. The van der Waals surface area contributed by atoms with E-state index in [0.29, 0.717) is 0 Å². The fourth-order valence-corrected chi connectivity index (χ4v) is 0.945. The average molecular weight is 250 g/mol. The molecule has 0 fully saturated rings. The third kappa shape index (κ3) is 3.91. The molecule has 0 atom stereocenters. The molecule has 0 N–H and O–H groups in total. The number of carbonyl (C=O) groups is 1. The van der Waals surface area contributed by atoms with Crippen LogP contribution in [0.25, 0.3) is 0 Å². The number of pyridine rings is 1. The molecule has 0 unspecified atom stereocenters. The fraction of sp³-hybridized carbons (Fsp3) is 0.333. The van der Waals surface area contributed by atoms with Gasteiger partial charge < -0.3 is 4.74 Å². The lowest BCUT2D eigenvalue weighted by atomic mass is 10.3. The second-order valence-corrected chi connectivity index (χ2v) is 2.91. The quantitative estimate of drug-likeness (QED) is 0.765. The molecule has 0 spiro atoms. The van der Waals surface area contributed by atoms with Gasteiger partial charge in [0.1, 0.15) is 11.4 Å². The summed E-state index contributed by atoms with van der Waals surface area (Å²) in [6.45, 7) is 0. The number of aromatic nitrogens is 1. The molecule has 1 heterocycles. The van der Waals surface area contributed by atoms with Crippen LogP contribution in [-0.4, -0.2) is 36.5 Å². The molecule has 0 saturated carbocycles. The van der Waals surface area contributed by atoms with Crippen LogP contribution in [0.1, 0.15) is 10.5 Å². The molecule has 0 bridgehead atoms. The van der Waals surface area contributed by atoms with E-state index in [9.17, 15) is 18.0 Å². The Balaban J connectivity index is 2.78. The molecular weight excluding hydrogens is 241 g/mol. The zero-order chi connectivity index (χ0) is 13.1. The van der Waals surface area contributed by atoms with Crippen LogP contribution in [0.2, 0.25) is 0 Å². The molecule has 1 amide bonds. The van der Waals surface area contributed by atoms with Crippen LogP contribution < -0.4 is 4.74 Å². The summed E-state index contributed by atoms with van der Waals surface area (Å²) in [5.41, 5.74) is -0.0520. The Morgan fingerprint density at radius 3 is 2.47 bits per heavy atom. The Morgan fingerprint density at radius 1 is 1.41 bits per heavy atom. The Morgan fingerprint density at radius 2 is 2.06 bits per heavy atom. The van der Waals surface area contributed by atoms with Gasteiger partial charge >= 0.3 is 6.36 Å². The predicted molar refractivity (Wildman–Crippen MR) is 50.0 cm³/mol. The molecule has 0 aliphatic rings. The zero-order valence-corrected chi connectivity index (χ0v) is 8.99. The van der Waals surface area contributed by atoms with E-state index in [1.54, 1.807) is 0 Å². The van der Waals surface area contributed by atoms with E-state index >= 15 is 0 Å². The first-order chi connectivity index (χ1) is 7.83. The summed E-state index contributed by atoms with van der Waals surface area (Å²) in [4.78, 5) is 19.6. The van der Waals surface area contributed by atoms with Crippen molar-refractivity contribution < 1.29 is 27.5 Å². The molecule has 1 aromatic rings. The Hall–Kier alpha value is -1.83. The number of hydroxylamine groups is 2. The van der Waals surface area contributed by atoms with Gasteiger partial charge in [0.25, 0.3) is 5.91 Å². The summed E-state index contributed by atoms with van der Waals surface area (Å²) in [7, 11) is 2.63. The lowest BCUT2D eigenvalue weighted by Crippen LogP contribution is -2.26. The summed E-state index contributed by atoms with van der Waals surface area (Å²) in [6.07, 6.45) is -3.97. The monoisotopic (exact) mass is 250 g/mol. The van der Waals surface area contributed by atoms with Gasteiger partial charge in [0.2, 0.25) is 0 Å². The molecule has 0 aromatic carbocycles. The van der Waals surface area contributed by atoms with Crippen molar-refractivity contribution in [2.75, 3.05) is 14.2 Å². The minimum absolute atomic E-state index is 0.0520. The highest BCUT2D eigenvalue weighted by atomic mass is 19.4.